The number of allylic oxidation sites excluding steroid dienone is 8. The second-order valence-corrected chi connectivity index (χ2v) is 13.7. The second-order valence-electron chi connectivity index (χ2n) is 13.7. The standard InChI is InChI=1S/C34H48O6/c1-23(16-17-29-30(4,5)20-27(39-25(3)35)21-32(29,8)38)14-12-10-11-13-15-24(2)28(37)22-34-31(6,7)18-26(36)19-33(34,9)40-34/h10-16,26-27,36,38H,18-22H2,1-9H3/b12-10+,13-11+,23-14+,24-15+/t17?,26-,27-,32+,33+,34-/m0/s1. The molecule has 0 bridgehead atoms. The van der Waals surface area contributed by atoms with Crippen LogP contribution in [-0.4, -0.2) is 51.0 Å². The molecule has 2 saturated carbocycles. The number of Topliss-reactive ketones (excluding diaryl/α,β-unsaturated/α-hetero) is 1. The Bertz CT molecular complexity index is 1180. The Morgan fingerprint density at radius 3 is 2.15 bits per heavy atom. The van der Waals surface area contributed by atoms with Gasteiger partial charge in [-0.1, -0.05) is 64.2 Å². The fraction of sp³-hybridized carbons (Fsp3) is 0.618. The van der Waals surface area contributed by atoms with E-state index in [0.717, 1.165) is 11.1 Å². The van der Waals surface area contributed by atoms with E-state index in [1.54, 1.807) is 6.92 Å². The summed E-state index contributed by atoms with van der Waals surface area (Å²) < 4.78 is 11.5. The largest absolute Gasteiger partial charge is 0.462 e. The molecule has 0 aromatic carbocycles. The summed E-state index contributed by atoms with van der Waals surface area (Å²) >= 11 is 0. The van der Waals surface area contributed by atoms with Crippen molar-refractivity contribution < 1.29 is 29.3 Å². The number of fused-ring (bicyclic) bond motifs is 1. The minimum atomic E-state index is -1.11. The molecule has 6 heteroatoms. The molecule has 220 valence electrons. The molecule has 0 amide bonds. The van der Waals surface area contributed by atoms with E-state index in [0.29, 0.717) is 37.7 Å². The third-order valence-corrected chi connectivity index (χ3v) is 8.92. The van der Waals surface area contributed by atoms with Crippen molar-refractivity contribution in [3.63, 3.8) is 0 Å². The molecule has 0 aromatic heterocycles. The molecule has 40 heavy (non-hydrogen) atoms. The predicted molar refractivity (Wildman–Crippen MR) is 157 cm³/mol. The summed E-state index contributed by atoms with van der Waals surface area (Å²) in [7, 11) is 0. The molecule has 6 nitrogen and oxygen atoms in total. The van der Waals surface area contributed by atoms with E-state index in [1.165, 1.54) is 6.92 Å². The van der Waals surface area contributed by atoms with Gasteiger partial charge in [0.15, 0.2) is 5.78 Å². The smallest absolute Gasteiger partial charge is 0.302 e. The topological polar surface area (TPSA) is 96.4 Å². The molecule has 1 saturated heterocycles. The Labute approximate surface area is 240 Å². The third kappa shape index (κ3) is 6.86. The summed E-state index contributed by atoms with van der Waals surface area (Å²) in [5.74, 6) is -0.266. The van der Waals surface area contributed by atoms with Crippen molar-refractivity contribution in [2.24, 2.45) is 10.8 Å². The van der Waals surface area contributed by atoms with Crippen LogP contribution in [-0.2, 0) is 19.1 Å². The molecule has 2 N–H and O–H groups in total. The number of aliphatic hydroxyl groups excluding tert-OH is 1. The predicted octanol–water partition coefficient (Wildman–Crippen LogP) is 6.24. The van der Waals surface area contributed by atoms with Gasteiger partial charge < -0.3 is 19.7 Å². The first-order valence-corrected chi connectivity index (χ1v) is 14.3. The highest BCUT2D eigenvalue weighted by Crippen LogP contribution is 2.67. The van der Waals surface area contributed by atoms with Crippen molar-refractivity contribution in [1.29, 1.82) is 0 Å². The molecule has 3 aliphatic rings. The van der Waals surface area contributed by atoms with Crippen LogP contribution in [0.5, 0.6) is 0 Å². The second kappa shape index (κ2) is 11.4. The minimum absolute atomic E-state index is 0.0661. The molecular formula is C34H48O6. The van der Waals surface area contributed by atoms with E-state index < -0.39 is 22.9 Å². The zero-order valence-electron chi connectivity index (χ0n) is 25.8. The molecule has 5 atom stereocenters. The van der Waals surface area contributed by atoms with Gasteiger partial charge in [-0.3, -0.25) is 9.59 Å². The Balaban J connectivity index is 1.60. The van der Waals surface area contributed by atoms with E-state index in [4.69, 9.17) is 9.47 Å². The van der Waals surface area contributed by atoms with Crippen molar-refractivity contribution in [2.45, 2.75) is 123 Å². The summed E-state index contributed by atoms with van der Waals surface area (Å²) in [4.78, 5) is 24.4. The zero-order valence-corrected chi connectivity index (χ0v) is 25.8. The average Bonchev–Trinajstić information content (AvgIpc) is 3.38. The lowest BCUT2D eigenvalue weighted by Gasteiger charge is -2.44. The Morgan fingerprint density at radius 1 is 0.950 bits per heavy atom. The lowest BCUT2D eigenvalue weighted by atomic mass is 9.61. The van der Waals surface area contributed by atoms with Crippen molar-refractivity contribution in [3.05, 3.63) is 65.0 Å². The van der Waals surface area contributed by atoms with Crippen LogP contribution in [0.15, 0.2) is 65.0 Å². The number of epoxide rings is 1. The Morgan fingerprint density at radius 2 is 1.57 bits per heavy atom. The Hall–Kier alpha value is -2.50. The molecule has 0 unspecified atom stereocenters. The molecule has 1 heterocycles. The van der Waals surface area contributed by atoms with E-state index >= 15 is 0 Å². The van der Waals surface area contributed by atoms with E-state index in [-0.39, 0.29) is 28.7 Å². The van der Waals surface area contributed by atoms with Gasteiger partial charge in [0, 0.05) is 31.8 Å². The monoisotopic (exact) mass is 552 g/mol. The van der Waals surface area contributed by atoms with Gasteiger partial charge in [0.05, 0.1) is 17.3 Å². The van der Waals surface area contributed by atoms with E-state index in [9.17, 15) is 19.8 Å². The number of aliphatic hydroxyl groups is 2. The van der Waals surface area contributed by atoms with Crippen molar-refractivity contribution >= 4 is 11.8 Å². The maximum Gasteiger partial charge on any atom is 0.302 e. The molecule has 0 radical (unpaired) electrons. The highest BCUT2D eigenvalue weighted by atomic mass is 16.6. The van der Waals surface area contributed by atoms with Gasteiger partial charge in [0.2, 0.25) is 0 Å². The van der Waals surface area contributed by atoms with Crippen LogP contribution >= 0.6 is 0 Å². The average molecular weight is 553 g/mol. The number of carbonyl (C=O) groups is 2. The van der Waals surface area contributed by atoms with Gasteiger partial charge in [0.1, 0.15) is 11.7 Å². The lowest BCUT2D eigenvalue weighted by Crippen LogP contribution is -2.48. The maximum atomic E-state index is 13.0. The van der Waals surface area contributed by atoms with Crippen molar-refractivity contribution in [3.8, 4) is 0 Å². The van der Waals surface area contributed by atoms with Crippen LogP contribution in [0.1, 0.15) is 94.4 Å². The quantitative estimate of drug-likeness (QED) is 0.122. The van der Waals surface area contributed by atoms with Crippen LogP contribution < -0.4 is 0 Å². The molecule has 2 aliphatic carbocycles. The number of esters is 1. The number of rotatable bonds is 8. The third-order valence-electron chi connectivity index (χ3n) is 8.92. The van der Waals surface area contributed by atoms with Gasteiger partial charge >= 0.3 is 5.97 Å². The fourth-order valence-corrected chi connectivity index (χ4v) is 7.07. The number of carbonyl (C=O) groups excluding carboxylic acids is 2. The van der Waals surface area contributed by atoms with Gasteiger partial charge in [-0.25, -0.2) is 0 Å². The first kappa shape index (κ1) is 32.0. The highest BCUT2D eigenvalue weighted by molar-refractivity contribution is 5.96. The molecule has 3 fully saturated rings. The van der Waals surface area contributed by atoms with Crippen molar-refractivity contribution in [2.75, 3.05) is 0 Å². The summed E-state index contributed by atoms with van der Waals surface area (Å²) in [6.07, 6.45) is 15.0. The van der Waals surface area contributed by atoms with Gasteiger partial charge in [-0.15, -0.1) is 5.73 Å². The summed E-state index contributed by atoms with van der Waals surface area (Å²) in [6, 6.07) is 0. The molecular weight excluding hydrogens is 504 g/mol. The van der Waals surface area contributed by atoms with Crippen molar-refractivity contribution in [1.82, 2.24) is 0 Å². The van der Waals surface area contributed by atoms with Gasteiger partial charge in [0.25, 0.3) is 0 Å². The van der Waals surface area contributed by atoms with Gasteiger partial charge in [-0.05, 0) is 68.6 Å². The Kier molecular flexibility index (Phi) is 9.13. The highest BCUT2D eigenvalue weighted by Gasteiger charge is 2.76. The molecule has 0 spiro atoms. The summed E-state index contributed by atoms with van der Waals surface area (Å²) in [6.45, 7) is 17.2. The normalized spacial score (nSPS) is 35.3. The van der Waals surface area contributed by atoms with E-state index in [2.05, 4.69) is 19.6 Å². The van der Waals surface area contributed by atoms with E-state index in [1.807, 2.05) is 77.2 Å². The zero-order chi connectivity index (χ0) is 30.1. The van der Waals surface area contributed by atoms with Crippen LogP contribution in [0, 0.1) is 10.8 Å². The molecule has 3 rings (SSSR count). The maximum absolute atomic E-state index is 13.0. The minimum Gasteiger partial charge on any atom is -0.462 e. The summed E-state index contributed by atoms with van der Waals surface area (Å²) in [5.41, 5.74) is 3.07. The van der Waals surface area contributed by atoms with Gasteiger partial charge in [-0.2, -0.15) is 0 Å². The first-order valence-electron chi connectivity index (χ1n) is 14.3. The number of hydrogen-bond acceptors (Lipinski definition) is 6. The molecule has 0 aromatic rings. The SMILES string of the molecule is CC(=O)O[C@H]1CC(C)(C)C(=C=C/C(C)=C/C=C/C=C/C=C(\C)C(=O)C[C@@]23O[C@]2(C)C[C@@H](O)CC3(C)C)[C@](C)(O)C1. The summed E-state index contributed by atoms with van der Waals surface area (Å²) in [5, 5.41) is 21.3. The van der Waals surface area contributed by atoms with Crippen LogP contribution in [0.2, 0.25) is 0 Å². The molecule has 1 aliphatic heterocycles. The van der Waals surface area contributed by atoms with Crippen LogP contribution in [0.25, 0.3) is 0 Å². The first-order chi connectivity index (χ1) is 18.3. The number of ether oxygens (including phenoxy) is 2. The van der Waals surface area contributed by atoms with Crippen LogP contribution in [0.4, 0.5) is 0 Å². The number of ketones is 1. The fourth-order valence-electron chi connectivity index (χ4n) is 7.07. The number of hydrogen-bond donors (Lipinski definition) is 2. The lowest BCUT2D eigenvalue weighted by molar-refractivity contribution is -0.152. The van der Waals surface area contributed by atoms with Crippen LogP contribution in [0.3, 0.4) is 0 Å².